The summed E-state index contributed by atoms with van der Waals surface area (Å²) < 4.78 is 5.44. The van der Waals surface area contributed by atoms with Gasteiger partial charge in [-0.15, -0.1) is 0 Å². The zero-order chi connectivity index (χ0) is 14.4. The van der Waals surface area contributed by atoms with Gasteiger partial charge in [-0.2, -0.15) is 0 Å². The molecular formula is C15H28N2O3. The molecule has 2 fully saturated rings. The summed E-state index contributed by atoms with van der Waals surface area (Å²) in [6, 6.07) is -0.167. The highest BCUT2D eigenvalue weighted by Gasteiger charge is 2.36. The van der Waals surface area contributed by atoms with Crippen LogP contribution in [0.3, 0.4) is 0 Å². The first-order valence-corrected chi connectivity index (χ1v) is 7.86. The molecule has 0 saturated carbocycles. The molecule has 2 N–H and O–H groups in total. The van der Waals surface area contributed by atoms with Crippen LogP contribution in [0.4, 0.5) is 0 Å². The Morgan fingerprint density at radius 1 is 1.35 bits per heavy atom. The van der Waals surface area contributed by atoms with E-state index in [1.54, 1.807) is 0 Å². The largest absolute Gasteiger partial charge is 0.394 e. The molecule has 2 rings (SSSR count). The Bertz CT molecular complexity index is 310. The second-order valence-corrected chi connectivity index (χ2v) is 6.43. The molecule has 0 spiro atoms. The maximum absolute atomic E-state index is 12.4. The molecule has 116 valence electrons. The maximum Gasteiger partial charge on any atom is 0.228 e. The number of amides is 1. The Labute approximate surface area is 121 Å². The number of nitrogens with one attached hydrogen (secondary N) is 1. The van der Waals surface area contributed by atoms with Crippen molar-refractivity contribution >= 4 is 5.91 Å². The molecule has 2 saturated heterocycles. The topological polar surface area (TPSA) is 61.8 Å². The van der Waals surface area contributed by atoms with E-state index in [0.717, 1.165) is 39.1 Å². The van der Waals surface area contributed by atoms with E-state index in [1.165, 1.54) is 19.3 Å². The highest BCUT2D eigenvalue weighted by atomic mass is 16.5. The summed E-state index contributed by atoms with van der Waals surface area (Å²) in [6.07, 6.45) is 5.53. The molecule has 0 aromatic carbocycles. The van der Waals surface area contributed by atoms with Crippen molar-refractivity contribution in [1.82, 2.24) is 10.2 Å². The van der Waals surface area contributed by atoms with Gasteiger partial charge in [-0.05, 0) is 45.7 Å². The van der Waals surface area contributed by atoms with E-state index >= 15 is 0 Å². The lowest BCUT2D eigenvalue weighted by Crippen LogP contribution is -2.53. The minimum Gasteiger partial charge on any atom is -0.394 e. The quantitative estimate of drug-likeness (QED) is 0.783. The van der Waals surface area contributed by atoms with Gasteiger partial charge in [0.15, 0.2) is 0 Å². The zero-order valence-corrected chi connectivity index (χ0v) is 12.6. The number of carbonyl (C=O) groups excluding carboxylic acids is 1. The highest BCUT2D eigenvalue weighted by molar-refractivity contribution is 5.82. The lowest BCUT2D eigenvalue weighted by Gasteiger charge is -2.35. The minimum absolute atomic E-state index is 0.000816. The van der Waals surface area contributed by atoms with Crippen LogP contribution in [0.25, 0.3) is 0 Å². The van der Waals surface area contributed by atoms with E-state index in [4.69, 9.17) is 4.74 Å². The molecule has 2 heterocycles. The van der Waals surface area contributed by atoms with Gasteiger partial charge in [0.05, 0.1) is 24.7 Å². The summed E-state index contributed by atoms with van der Waals surface area (Å²) in [7, 11) is 0. The average Bonchev–Trinajstić information content (AvgIpc) is 2.48. The van der Waals surface area contributed by atoms with Gasteiger partial charge in [0, 0.05) is 13.2 Å². The Hall–Kier alpha value is -0.650. The van der Waals surface area contributed by atoms with Crippen LogP contribution in [-0.4, -0.2) is 61.4 Å². The molecule has 2 atom stereocenters. The molecule has 0 unspecified atom stereocenters. The number of rotatable bonds is 5. The van der Waals surface area contributed by atoms with Crippen molar-refractivity contribution in [3.63, 3.8) is 0 Å². The number of likely N-dealkylation sites (tertiary alicyclic amines) is 1. The zero-order valence-electron chi connectivity index (χ0n) is 12.6. The molecule has 20 heavy (non-hydrogen) atoms. The Balaban J connectivity index is 1.83. The molecule has 0 aliphatic carbocycles. The third-order valence-corrected chi connectivity index (χ3v) is 4.47. The second kappa shape index (κ2) is 7.38. The number of carbonyl (C=O) groups is 1. The summed E-state index contributed by atoms with van der Waals surface area (Å²) in [5.41, 5.74) is -0.437. The van der Waals surface area contributed by atoms with Crippen LogP contribution in [0.1, 0.15) is 39.0 Å². The van der Waals surface area contributed by atoms with Gasteiger partial charge in [0.25, 0.3) is 0 Å². The van der Waals surface area contributed by atoms with E-state index in [2.05, 4.69) is 10.2 Å². The molecule has 0 aromatic heterocycles. The lowest BCUT2D eigenvalue weighted by atomic mass is 9.83. The molecule has 0 bridgehead atoms. The number of piperidine rings is 1. The van der Waals surface area contributed by atoms with E-state index < -0.39 is 5.41 Å². The molecule has 0 aromatic rings. The highest BCUT2D eigenvalue weighted by Crippen LogP contribution is 2.28. The number of nitrogens with zero attached hydrogens (tertiary/aromatic N) is 1. The van der Waals surface area contributed by atoms with Gasteiger partial charge < -0.3 is 20.1 Å². The fourth-order valence-corrected chi connectivity index (χ4v) is 3.08. The van der Waals surface area contributed by atoms with Crippen LogP contribution in [-0.2, 0) is 9.53 Å². The van der Waals surface area contributed by atoms with Crippen molar-refractivity contribution in [2.24, 2.45) is 5.41 Å². The van der Waals surface area contributed by atoms with Crippen LogP contribution in [0, 0.1) is 5.41 Å². The standard InChI is InChI=1S/C15H28N2O3/c1-15(6-5-9-20-12-15)14(19)16-13(11-18)10-17-7-3-2-4-8-17/h13,18H,2-12H2,1H3,(H,16,19)/t13-,15+/m0/s1. The first-order chi connectivity index (χ1) is 9.64. The second-order valence-electron chi connectivity index (χ2n) is 6.43. The van der Waals surface area contributed by atoms with Gasteiger partial charge in [-0.3, -0.25) is 4.79 Å². The Morgan fingerprint density at radius 3 is 2.70 bits per heavy atom. The third kappa shape index (κ3) is 4.17. The molecule has 2 aliphatic rings. The van der Waals surface area contributed by atoms with E-state index in [-0.39, 0.29) is 18.6 Å². The SMILES string of the molecule is C[C@@]1(C(=O)N[C@H](CO)CN2CCCCC2)CCCOC1. The monoisotopic (exact) mass is 284 g/mol. The fourth-order valence-electron chi connectivity index (χ4n) is 3.08. The van der Waals surface area contributed by atoms with E-state index in [1.807, 2.05) is 6.92 Å². The maximum atomic E-state index is 12.4. The van der Waals surface area contributed by atoms with Gasteiger partial charge >= 0.3 is 0 Å². The first kappa shape index (κ1) is 15.7. The number of aliphatic hydroxyl groups excluding tert-OH is 1. The van der Waals surface area contributed by atoms with Crippen molar-refractivity contribution < 1.29 is 14.6 Å². The van der Waals surface area contributed by atoms with Gasteiger partial charge in [-0.25, -0.2) is 0 Å². The van der Waals surface area contributed by atoms with Crippen molar-refractivity contribution in [3.05, 3.63) is 0 Å². The molecule has 5 nitrogen and oxygen atoms in total. The van der Waals surface area contributed by atoms with Crippen molar-refractivity contribution in [1.29, 1.82) is 0 Å². The van der Waals surface area contributed by atoms with Crippen molar-refractivity contribution in [3.8, 4) is 0 Å². The van der Waals surface area contributed by atoms with Crippen molar-refractivity contribution in [2.45, 2.75) is 45.1 Å². The molecule has 0 radical (unpaired) electrons. The summed E-state index contributed by atoms with van der Waals surface area (Å²) in [5.74, 6) is 0.0215. The molecule has 5 heteroatoms. The van der Waals surface area contributed by atoms with Crippen LogP contribution in [0.5, 0.6) is 0 Å². The first-order valence-electron chi connectivity index (χ1n) is 7.86. The number of ether oxygens (including phenoxy) is 1. The van der Waals surface area contributed by atoms with Crippen LogP contribution in [0.15, 0.2) is 0 Å². The van der Waals surface area contributed by atoms with Crippen molar-refractivity contribution in [2.75, 3.05) is 39.5 Å². The van der Waals surface area contributed by atoms with Gasteiger partial charge in [0.2, 0.25) is 5.91 Å². The summed E-state index contributed by atoms with van der Waals surface area (Å²) in [5, 5.41) is 12.5. The fraction of sp³-hybridized carbons (Fsp3) is 0.933. The molecule has 2 aliphatic heterocycles. The lowest BCUT2D eigenvalue weighted by molar-refractivity contribution is -0.138. The summed E-state index contributed by atoms with van der Waals surface area (Å²) in [4.78, 5) is 14.7. The van der Waals surface area contributed by atoms with Crippen LogP contribution < -0.4 is 5.32 Å². The Morgan fingerprint density at radius 2 is 2.10 bits per heavy atom. The smallest absolute Gasteiger partial charge is 0.228 e. The van der Waals surface area contributed by atoms with E-state index in [0.29, 0.717) is 6.61 Å². The normalized spacial score (nSPS) is 29.9. The predicted octanol–water partition coefficient (Wildman–Crippen LogP) is 0.766. The van der Waals surface area contributed by atoms with Gasteiger partial charge in [0.1, 0.15) is 0 Å². The molecular weight excluding hydrogens is 256 g/mol. The summed E-state index contributed by atoms with van der Waals surface area (Å²) in [6.45, 7) is 6.09. The predicted molar refractivity (Wildman–Crippen MR) is 77.5 cm³/mol. The number of aliphatic hydroxyl groups is 1. The number of hydrogen-bond donors (Lipinski definition) is 2. The van der Waals surface area contributed by atoms with Crippen LogP contribution in [0.2, 0.25) is 0 Å². The van der Waals surface area contributed by atoms with E-state index in [9.17, 15) is 9.90 Å². The average molecular weight is 284 g/mol. The van der Waals surface area contributed by atoms with Crippen LogP contribution >= 0.6 is 0 Å². The summed E-state index contributed by atoms with van der Waals surface area (Å²) >= 11 is 0. The molecule has 1 amide bonds. The Kier molecular flexibility index (Phi) is 5.81. The van der Waals surface area contributed by atoms with Gasteiger partial charge in [-0.1, -0.05) is 6.42 Å². The third-order valence-electron chi connectivity index (χ3n) is 4.47. The number of hydrogen-bond acceptors (Lipinski definition) is 4. The minimum atomic E-state index is -0.437.